The number of hydrogen-bond donors (Lipinski definition) is 3. The molecule has 1 saturated carbocycles. The fraction of sp³-hybridized carbons (Fsp3) is 0.281. The summed E-state index contributed by atoms with van der Waals surface area (Å²) in [6.07, 6.45) is 1.61. The number of anilines is 1. The SMILES string of the molecule is O=C(O)c1ccc(N2C(=O)C3CC=C4C(CC5(Cl)C(=O)N(CBr)C(=O)C5(Cl)C4c4ccc5ccccc5c4O)C3C2=O)cc1O. The topological polar surface area (TPSA) is 153 Å². The van der Waals surface area contributed by atoms with Crippen LogP contribution in [0.15, 0.2) is 66.2 Å². The van der Waals surface area contributed by atoms with Gasteiger partial charge in [0, 0.05) is 22.9 Å². The largest absolute Gasteiger partial charge is 0.507 e. The molecule has 7 rings (SSSR count). The van der Waals surface area contributed by atoms with Gasteiger partial charge in [-0.25, -0.2) is 9.69 Å². The number of rotatable bonds is 4. The first-order valence-electron chi connectivity index (χ1n) is 14.0. The molecule has 2 aliphatic heterocycles. The molecule has 3 aromatic carbocycles. The van der Waals surface area contributed by atoms with Gasteiger partial charge >= 0.3 is 5.97 Å². The molecule has 3 aromatic rings. The standard InChI is InChI=1S/C32H23BrCl2N2O8/c33-13-36-29(44)31(34)12-21-17(24(32(31,35)30(36)45)20-7-5-14-3-1-2-4-16(14)25(20)39)9-10-19-23(21)27(41)37(26(19)40)15-6-8-18(28(42)43)22(38)11-15/h1-9,11,19,21,23-24,38-39H,10,12-13H2,(H,42,43). The number of amides is 4. The van der Waals surface area contributed by atoms with E-state index in [1.807, 2.05) is 12.1 Å². The molecule has 230 valence electrons. The molecule has 4 amide bonds. The summed E-state index contributed by atoms with van der Waals surface area (Å²) in [5.74, 6) is -8.67. The lowest BCUT2D eigenvalue weighted by atomic mass is 9.56. The van der Waals surface area contributed by atoms with Gasteiger partial charge in [0.25, 0.3) is 11.8 Å². The molecule has 0 bridgehead atoms. The van der Waals surface area contributed by atoms with E-state index in [1.54, 1.807) is 30.3 Å². The highest BCUT2D eigenvalue weighted by molar-refractivity contribution is 9.09. The molecule has 3 fully saturated rings. The van der Waals surface area contributed by atoms with E-state index in [-0.39, 0.29) is 35.3 Å². The lowest BCUT2D eigenvalue weighted by Gasteiger charge is -2.50. The number of benzene rings is 3. The van der Waals surface area contributed by atoms with Crippen molar-refractivity contribution in [2.45, 2.75) is 28.5 Å². The summed E-state index contributed by atoms with van der Waals surface area (Å²) >= 11 is 17.7. The van der Waals surface area contributed by atoms with E-state index in [0.29, 0.717) is 11.0 Å². The Morgan fingerprint density at radius 2 is 1.69 bits per heavy atom. The van der Waals surface area contributed by atoms with Crippen molar-refractivity contribution in [3.05, 3.63) is 77.4 Å². The van der Waals surface area contributed by atoms with Crippen LogP contribution < -0.4 is 4.90 Å². The summed E-state index contributed by atoms with van der Waals surface area (Å²) in [7, 11) is 0. The first kappa shape index (κ1) is 29.8. The number of halogens is 3. The smallest absolute Gasteiger partial charge is 0.339 e. The number of nitrogens with zero attached hydrogens (tertiary/aromatic N) is 2. The second-order valence-electron chi connectivity index (χ2n) is 11.7. The van der Waals surface area contributed by atoms with Crippen LogP contribution in [0, 0.1) is 17.8 Å². The number of allylic oxidation sites excluding steroid dienone is 2. The van der Waals surface area contributed by atoms with Crippen LogP contribution in [-0.4, -0.2) is 65.0 Å². The number of carbonyl (C=O) groups is 5. The molecule has 4 aliphatic rings. The normalized spacial score (nSPS) is 30.8. The molecular formula is C32H23BrCl2N2O8. The van der Waals surface area contributed by atoms with E-state index in [1.165, 1.54) is 6.07 Å². The van der Waals surface area contributed by atoms with Crippen LogP contribution in [-0.2, 0) is 19.2 Å². The van der Waals surface area contributed by atoms with Gasteiger partial charge in [-0.2, -0.15) is 0 Å². The molecule has 45 heavy (non-hydrogen) atoms. The van der Waals surface area contributed by atoms with Crippen molar-refractivity contribution in [1.29, 1.82) is 0 Å². The average molecular weight is 714 g/mol. The molecule has 2 aliphatic carbocycles. The van der Waals surface area contributed by atoms with Crippen LogP contribution in [0.25, 0.3) is 10.8 Å². The van der Waals surface area contributed by atoms with Gasteiger partial charge in [-0.05, 0) is 36.3 Å². The molecule has 0 aromatic heterocycles. The number of hydrogen-bond acceptors (Lipinski definition) is 7. The number of carboxylic acids is 1. The molecule has 3 N–H and O–H groups in total. The number of imide groups is 2. The Labute approximate surface area is 273 Å². The van der Waals surface area contributed by atoms with Crippen molar-refractivity contribution < 1.29 is 39.3 Å². The van der Waals surface area contributed by atoms with Crippen LogP contribution in [0.4, 0.5) is 5.69 Å². The van der Waals surface area contributed by atoms with E-state index >= 15 is 0 Å². The molecule has 2 heterocycles. The van der Waals surface area contributed by atoms with Crippen molar-refractivity contribution in [2.24, 2.45) is 17.8 Å². The average Bonchev–Trinajstić information content (AvgIpc) is 3.35. The molecule has 2 saturated heterocycles. The van der Waals surface area contributed by atoms with Gasteiger partial charge in [-0.3, -0.25) is 24.1 Å². The monoisotopic (exact) mass is 712 g/mol. The van der Waals surface area contributed by atoms with Crippen molar-refractivity contribution >= 4 is 85.2 Å². The lowest BCUT2D eigenvalue weighted by Crippen LogP contribution is -2.60. The van der Waals surface area contributed by atoms with Crippen LogP contribution >= 0.6 is 39.1 Å². The minimum atomic E-state index is -2.07. The van der Waals surface area contributed by atoms with Crippen LogP contribution in [0.1, 0.15) is 34.7 Å². The van der Waals surface area contributed by atoms with E-state index in [4.69, 9.17) is 23.2 Å². The zero-order valence-corrected chi connectivity index (χ0v) is 26.2. The number of aromatic carboxylic acids is 1. The molecule has 13 heteroatoms. The van der Waals surface area contributed by atoms with Gasteiger partial charge in [0.2, 0.25) is 11.8 Å². The molecular weight excluding hydrogens is 691 g/mol. The fourth-order valence-corrected chi connectivity index (χ4v) is 9.12. The summed E-state index contributed by atoms with van der Waals surface area (Å²) < 4.78 is 0. The Morgan fingerprint density at radius 1 is 0.956 bits per heavy atom. The number of fused-ring (bicyclic) bond motifs is 5. The second-order valence-corrected chi connectivity index (χ2v) is 13.5. The van der Waals surface area contributed by atoms with Crippen LogP contribution in [0.5, 0.6) is 11.5 Å². The third-order valence-corrected chi connectivity index (χ3v) is 11.6. The van der Waals surface area contributed by atoms with Gasteiger partial charge < -0.3 is 15.3 Å². The fourth-order valence-electron chi connectivity index (χ4n) is 7.70. The van der Waals surface area contributed by atoms with Crippen molar-refractivity contribution in [1.82, 2.24) is 4.90 Å². The molecule has 0 radical (unpaired) electrons. The summed E-state index contributed by atoms with van der Waals surface area (Å²) in [6.45, 7) is 0. The van der Waals surface area contributed by atoms with Gasteiger partial charge in [-0.15, -0.1) is 23.2 Å². The van der Waals surface area contributed by atoms with E-state index in [2.05, 4.69) is 15.9 Å². The van der Waals surface area contributed by atoms with Gasteiger partial charge in [0.15, 0.2) is 9.75 Å². The maximum absolute atomic E-state index is 14.1. The Hall–Kier alpha value is -3.93. The second kappa shape index (κ2) is 10.0. The van der Waals surface area contributed by atoms with Crippen LogP contribution in [0.2, 0.25) is 0 Å². The highest BCUT2D eigenvalue weighted by Crippen LogP contribution is 2.66. The van der Waals surface area contributed by atoms with Crippen LogP contribution in [0.3, 0.4) is 0 Å². The van der Waals surface area contributed by atoms with Crippen molar-refractivity contribution in [3.63, 3.8) is 0 Å². The first-order chi connectivity index (χ1) is 21.4. The summed E-state index contributed by atoms with van der Waals surface area (Å²) in [5, 5.41) is 32.4. The molecule has 6 unspecified atom stereocenters. The number of alkyl halides is 3. The minimum Gasteiger partial charge on any atom is -0.507 e. The molecule has 6 atom stereocenters. The quantitative estimate of drug-likeness (QED) is 0.150. The van der Waals surface area contributed by atoms with Gasteiger partial charge in [0.1, 0.15) is 17.1 Å². The minimum absolute atomic E-state index is 0.00663. The third kappa shape index (κ3) is 3.77. The maximum Gasteiger partial charge on any atom is 0.339 e. The van der Waals surface area contributed by atoms with Crippen molar-refractivity contribution in [3.8, 4) is 11.5 Å². The Bertz CT molecular complexity index is 1930. The lowest BCUT2D eigenvalue weighted by molar-refractivity contribution is -0.138. The summed E-state index contributed by atoms with van der Waals surface area (Å²) in [4.78, 5) is 64.9. The van der Waals surface area contributed by atoms with E-state index < -0.39 is 74.3 Å². The number of aromatic hydroxyl groups is 2. The third-order valence-electron chi connectivity index (χ3n) is 9.73. The molecule has 0 spiro atoms. The summed E-state index contributed by atoms with van der Waals surface area (Å²) in [5.41, 5.74) is 0.183. The number of phenols is 2. The number of likely N-dealkylation sites (tertiary alicyclic amines) is 1. The van der Waals surface area contributed by atoms with Crippen molar-refractivity contribution in [2.75, 3.05) is 10.4 Å². The first-order valence-corrected chi connectivity index (χ1v) is 15.9. The highest BCUT2D eigenvalue weighted by Gasteiger charge is 2.76. The van der Waals surface area contributed by atoms with Gasteiger partial charge in [-0.1, -0.05) is 64.0 Å². The highest BCUT2D eigenvalue weighted by atomic mass is 79.9. The number of carbonyl (C=O) groups excluding carboxylic acids is 4. The number of phenolic OH excluding ortho intramolecular Hbond substituents is 1. The summed E-state index contributed by atoms with van der Waals surface area (Å²) in [6, 6.07) is 13.9. The Kier molecular flexibility index (Phi) is 6.64. The zero-order valence-electron chi connectivity index (χ0n) is 23.1. The Balaban J connectivity index is 1.40. The van der Waals surface area contributed by atoms with E-state index in [0.717, 1.165) is 27.3 Å². The molecule has 10 nitrogen and oxygen atoms in total. The predicted octanol–water partition coefficient (Wildman–Crippen LogP) is 4.87. The predicted molar refractivity (Wildman–Crippen MR) is 167 cm³/mol. The zero-order chi connectivity index (χ0) is 32.2. The Morgan fingerprint density at radius 3 is 2.38 bits per heavy atom. The number of carboxylic acid groups (broad SMARTS) is 1. The van der Waals surface area contributed by atoms with Gasteiger partial charge in [0.05, 0.1) is 23.0 Å². The maximum atomic E-state index is 14.1. The van der Waals surface area contributed by atoms with E-state index in [9.17, 15) is 39.3 Å².